The van der Waals surface area contributed by atoms with Crippen LogP contribution in [0.1, 0.15) is 63.4 Å². The Bertz CT molecular complexity index is 1880. The monoisotopic (exact) mass is 721 g/mol. The molecule has 0 bridgehead atoms. The molecular weight excluding hydrogens is 679 g/mol. The summed E-state index contributed by atoms with van der Waals surface area (Å²) in [4.78, 5) is 48.6. The zero-order valence-electron chi connectivity index (χ0n) is 28.0. The molecule has 50 heavy (non-hydrogen) atoms. The van der Waals surface area contributed by atoms with Gasteiger partial charge >= 0.3 is 0 Å². The smallest absolute Gasteiger partial charge is 0.274 e. The molecule has 3 aromatic rings. The number of methoxy groups -OCH3 is 1. The first-order chi connectivity index (χ1) is 24.1. The van der Waals surface area contributed by atoms with Crippen molar-refractivity contribution < 1.29 is 32.3 Å². The standard InChI is InChI=1S/C36H43N5O7S2/c1-47-25-14-17-28-31(19-25)49-35(38-28)48-26-18-30-32(42)39-36(34(44)40-50(45,46)27-15-16-27)20-24(36)12-8-3-2-4-9-13-29(33(43)41(30)22-26)37-21-23-10-6-5-7-11-23/h5-8,10-12,14,17,19,24,26-27,29-30,37H,2-4,9,13,15-16,18,20-22H2,1H3,(H,39,42)(H,40,44)/b12-8-/t24-,26-,29+,30+,36-/m1/s1. The fourth-order valence-corrected chi connectivity index (χ4v) is 9.22. The summed E-state index contributed by atoms with van der Waals surface area (Å²) in [6.07, 6.45) is 8.87. The number of thiazole rings is 1. The van der Waals surface area contributed by atoms with Crippen LogP contribution in [0.2, 0.25) is 0 Å². The number of sulfonamides is 1. The quantitative estimate of drug-likeness (QED) is 0.280. The van der Waals surface area contributed by atoms with Gasteiger partial charge in [-0.25, -0.2) is 13.4 Å². The molecule has 1 saturated heterocycles. The van der Waals surface area contributed by atoms with Crippen LogP contribution < -0.4 is 24.8 Å². The van der Waals surface area contributed by atoms with Crippen molar-refractivity contribution in [3.05, 3.63) is 66.2 Å². The Labute approximate surface area is 296 Å². The molecule has 7 rings (SSSR count). The first-order valence-corrected chi connectivity index (χ1v) is 19.8. The van der Waals surface area contributed by atoms with Crippen molar-refractivity contribution in [2.75, 3.05) is 13.7 Å². The average molecular weight is 722 g/mol. The van der Waals surface area contributed by atoms with E-state index in [0.29, 0.717) is 36.8 Å². The van der Waals surface area contributed by atoms with Gasteiger partial charge in [-0.1, -0.05) is 66.7 Å². The third kappa shape index (κ3) is 7.52. The lowest BCUT2D eigenvalue weighted by molar-refractivity contribution is -0.141. The van der Waals surface area contributed by atoms with Gasteiger partial charge in [0.15, 0.2) is 0 Å². The number of allylic oxidation sites excluding steroid dienone is 1. The van der Waals surface area contributed by atoms with E-state index in [1.54, 1.807) is 12.0 Å². The molecule has 4 aliphatic rings. The van der Waals surface area contributed by atoms with Crippen molar-refractivity contribution in [3.63, 3.8) is 0 Å². The van der Waals surface area contributed by atoms with Crippen LogP contribution in [-0.4, -0.2) is 78.7 Å². The summed E-state index contributed by atoms with van der Waals surface area (Å²) >= 11 is 1.36. The number of rotatable bonds is 9. The first-order valence-electron chi connectivity index (χ1n) is 17.4. The van der Waals surface area contributed by atoms with E-state index < -0.39 is 50.8 Å². The number of hydrogen-bond acceptors (Lipinski definition) is 10. The molecule has 0 spiro atoms. The minimum Gasteiger partial charge on any atom is -0.497 e. The lowest BCUT2D eigenvalue weighted by Gasteiger charge is -2.30. The predicted molar refractivity (Wildman–Crippen MR) is 189 cm³/mol. The van der Waals surface area contributed by atoms with Crippen LogP contribution in [0.3, 0.4) is 0 Å². The van der Waals surface area contributed by atoms with Gasteiger partial charge in [0.25, 0.3) is 11.1 Å². The minimum absolute atomic E-state index is 0.151. The van der Waals surface area contributed by atoms with Gasteiger partial charge in [-0.2, -0.15) is 0 Å². The summed E-state index contributed by atoms with van der Waals surface area (Å²) < 4.78 is 40.4. The van der Waals surface area contributed by atoms with Crippen molar-refractivity contribution in [1.29, 1.82) is 0 Å². The zero-order valence-corrected chi connectivity index (χ0v) is 29.6. The number of carbonyl (C=O) groups excluding carboxylic acids is 3. The van der Waals surface area contributed by atoms with Crippen LogP contribution in [-0.2, 0) is 31.0 Å². The molecular formula is C36H43N5O7S2. The molecule has 3 amide bonds. The highest BCUT2D eigenvalue weighted by Crippen LogP contribution is 2.46. The lowest BCUT2D eigenvalue weighted by Crippen LogP contribution is -2.58. The number of nitrogens with one attached hydrogen (secondary N) is 3. The maximum absolute atomic E-state index is 14.4. The first kappa shape index (κ1) is 34.4. The van der Waals surface area contributed by atoms with Crippen LogP contribution in [0.15, 0.2) is 60.7 Å². The van der Waals surface area contributed by atoms with E-state index in [2.05, 4.69) is 20.3 Å². The number of fused-ring (bicyclic) bond motifs is 3. The lowest BCUT2D eigenvalue weighted by atomic mass is 10.0. The van der Waals surface area contributed by atoms with Gasteiger partial charge in [0.05, 0.1) is 35.2 Å². The second kappa shape index (κ2) is 14.3. The molecule has 2 saturated carbocycles. The van der Waals surface area contributed by atoms with E-state index in [4.69, 9.17) is 9.47 Å². The van der Waals surface area contributed by atoms with E-state index in [1.165, 1.54) is 11.3 Å². The summed E-state index contributed by atoms with van der Waals surface area (Å²) in [5.41, 5.74) is 0.375. The number of amides is 3. The Morgan fingerprint density at radius 1 is 1.10 bits per heavy atom. The molecule has 5 atom stereocenters. The fraction of sp³-hybridized carbons (Fsp3) is 0.500. The molecule has 3 N–H and O–H groups in total. The summed E-state index contributed by atoms with van der Waals surface area (Å²) in [7, 11) is -2.23. The number of nitrogens with zero attached hydrogens (tertiary/aromatic N) is 2. The van der Waals surface area contributed by atoms with Gasteiger partial charge < -0.3 is 25.0 Å². The van der Waals surface area contributed by atoms with Gasteiger partial charge in [-0.3, -0.25) is 19.1 Å². The number of ether oxygens (including phenoxy) is 2. The maximum atomic E-state index is 14.4. The van der Waals surface area contributed by atoms with Crippen LogP contribution in [0.4, 0.5) is 0 Å². The average Bonchev–Trinajstić information content (AvgIpc) is 4.00. The molecule has 2 aliphatic carbocycles. The van der Waals surface area contributed by atoms with Gasteiger partial charge in [0, 0.05) is 18.9 Å². The van der Waals surface area contributed by atoms with E-state index in [9.17, 15) is 22.8 Å². The molecule has 3 fully saturated rings. The van der Waals surface area contributed by atoms with E-state index >= 15 is 0 Å². The Kier molecular flexibility index (Phi) is 9.86. The van der Waals surface area contributed by atoms with Gasteiger partial charge in [-0.05, 0) is 62.3 Å². The van der Waals surface area contributed by atoms with Gasteiger partial charge in [-0.15, -0.1) is 0 Å². The SMILES string of the molecule is COc1ccc2nc(O[C@@H]3C[C@H]4C(=O)N[C@]5(C(=O)NS(=O)(=O)C6CC6)C[C@H]5/C=C\CCCCC[C@H](NCc5ccccc5)C(=O)N4C3)sc2c1. The zero-order chi connectivity index (χ0) is 34.9. The van der Waals surface area contributed by atoms with E-state index in [0.717, 1.165) is 41.5 Å². The Hall–Kier alpha value is -4.01. The third-order valence-corrected chi connectivity index (χ3v) is 12.8. The molecule has 3 heterocycles. The van der Waals surface area contributed by atoms with Crippen LogP contribution in [0, 0.1) is 5.92 Å². The molecule has 2 aromatic carbocycles. The van der Waals surface area contributed by atoms with Gasteiger partial charge in [0.1, 0.15) is 23.4 Å². The normalized spacial score (nSPS) is 28.1. The van der Waals surface area contributed by atoms with Gasteiger partial charge in [0.2, 0.25) is 21.8 Å². The second-order valence-electron chi connectivity index (χ2n) is 13.7. The van der Waals surface area contributed by atoms with Crippen molar-refractivity contribution in [2.45, 2.75) is 93.3 Å². The Morgan fingerprint density at radius 2 is 1.92 bits per heavy atom. The molecule has 0 unspecified atom stereocenters. The van der Waals surface area contributed by atoms with Crippen molar-refractivity contribution in [2.24, 2.45) is 5.92 Å². The molecule has 0 radical (unpaired) electrons. The summed E-state index contributed by atoms with van der Waals surface area (Å²) in [6, 6.07) is 13.9. The van der Waals surface area contributed by atoms with Crippen molar-refractivity contribution >= 4 is 49.3 Å². The fourth-order valence-electron chi connectivity index (χ4n) is 6.94. The highest BCUT2D eigenvalue weighted by Gasteiger charge is 2.62. The maximum Gasteiger partial charge on any atom is 0.274 e. The number of aromatic nitrogens is 1. The van der Waals surface area contributed by atoms with E-state index in [1.807, 2.05) is 60.7 Å². The number of hydrogen-bond donors (Lipinski definition) is 3. The molecule has 1 aromatic heterocycles. The molecule has 12 nitrogen and oxygen atoms in total. The Balaban J connectivity index is 1.16. The number of benzene rings is 2. The van der Waals surface area contributed by atoms with Crippen molar-refractivity contribution in [3.8, 4) is 10.9 Å². The molecule has 266 valence electrons. The van der Waals surface area contributed by atoms with E-state index in [-0.39, 0.29) is 31.2 Å². The number of carbonyl (C=O) groups is 3. The predicted octanol–water partition coefficient (Wildman–Crippen LogP) is 3.82. The summed E-state index contributed by atoms with van der Waals surface area (Å²) in [5.74, 6) is -1.11. The van der Waals surface area contributed by atoms with Crippen LogP contribution in [0.5, 0.6) is 10.9 Å². The summed E-state index contributed by atoms with van der Waals surface area (Å²) in [5, 5.41) is 6.23. The largest absolute Gasteiger partial charge is 0.497 e. The van der Waals surface area contributed by atoms with Crippen LogP contribution in [0.25, 0.3) is 10.2 Å². The minimum atomic E-state index is -3.83. The van der Waals surface area contributed by atoms with Crippen molar-refractivity contribution in [1.82, 2.24) is 25.2 Å². The third-order valence-electron chi connectivity index (χ3n) is 10.1. The Morgan fingerprint density at radius 3 is 2.70 bits per heavy atom. The highest BCUT2D eigenvalue weighted by atomic mass is 32.2. The second-order valence-corrected chi connectivity index (χ2v) is 16.7. The molecule has 2 aliphatic heterocycles. The molecule has 14 heteroatoms. The topological polar surface area (TPSA) is 156 Å². The highest BCUT2D eigenvalue weighted by molar-refractivity contribution is 7.91. The van der Waals surface area contributed by atoms with Crippen LogP contribution >= 0.6 is 11.3 Å². The summed E-state index contributed by atoms with van der Waals surface area (Å²) in [6.45, 7) is 0.637.